The molecule has 1 aliphatic heterocycles. The standard InChI is InChI=1S/C12H15NO3S/c13-10-6-8(12(14)15)3-4-11(10)17-7-9-2-1-5-16-9/h3-4,6,9H,1-2,5,7,13H2,(H,14,15). The summed E-state index contributed by atoms with van der Waals surface area (Å²) in [5, 5.41) is 8.82. The lowest BCUT2D eigenvalue weighted by atomic mass is 10.2. The molecule has 1 aromatic rings. The Kier molecular flexibility index (Phi) is 3.91. The Hall–Kier alpha value is -1.20. The molecule has 1 atom stereocenters. The minimum absolute atomic E-state index is 0.226. The van der Waals surface area contributed by atoms with Crippen molar-refractivity contribution < 1.29 is 14.6 Å². The number of aromatic carboxylic acids is 1. The molecule has 5 heteroatoms. The van der Waals surface area contributed by atoms with E-state index in [0.29, 0.717) is 11.8 Å². The largest absolute Gasteiger partial charge is 0.478 e. The summed E-state index contributed by atoms with van der Waals surface area (Å²) in [5.41, 5.74) is 6.57. The zero-order valence-corrected chi connectivity index (χ0v) is 10.2. The third-order valence-electron chi connectivity index (χ3n) is 2.71. The molecule has 0 spiro atoms. The second kappa shape index (κ2) is 5.42. The number of benzene rings is 1. The zero-order valence-electron chi connectivity index (χ0n) is 9.39. The van der Waals surface area contributed by atoms with E-state index in [1.54, 1.807) is 23.9 Å². The second-order valence-corrected chi connectivity index (χ2v) is 5.07. The summed E-state index contributed by atoms with van der Waals surface area (Å²) < 4.78 is 5.52. The fourth-order valence-electron chi connectivity index (χ4n) is 1.77. The van der Waals surface area contributed by atoms with E-state index in [2.05, 4.69) is 0 Å². The van der Waals surface area contributed by atoms with E-state index in [4.69, 9.17) is 15.6 Å². The lowest BCUT2D eigenvalue weighted by Gasteiger charge is -2.10. The van der Waals surface area contributed by atoms with E-state index >= 15 is 0 Å². The monoisotopic (exact) mass is 253 g/mol. The third kappa shape index (κ3) is 3.14. The first kappa shape index (κ1) is 12.3. The van der Waals surface area contributed by atoms with Crippen LogP contribution in [-0.2, 0) is 4.74 Å². The summed E-state index contributed by atoms with van der Waals surface area (Å²) in [6.45, 7) is 0.846. The summed E-state index contributed by atoms with van der Waals surface area (Å²) >= 11 is 1.62. The topological polar surface area (TPSA) is 72.6 Å². The average Bonchev–Trinajstić information content (AvgIpc) is 2.80. The molecule has 0 amide bonds. The molecular weight excluding hydrogens is 238 g/mol. The Morgan fingerprint density at radius 2 is 2.41 bits per heavy atom. The number of thioether (sulfide) groups is 1. The quantitative estimate of drug-likeness (QED) is 0.636. The first-order valence-corrected chi connectivity index (χ1v) is 6.52. The molecule has 0 aromatic heterocycles. The Morgan fingerprint density at radius 3 is 3.00 bits per heavy atom. The third-order valence-corrected chi connectivity index (χ3v) is 3.93. The molecule has 2 rings (SSSR count). The molecule has 0 saturated carbocycles. The van der Waals surface area contributed by atoms with Gasteiger partial charge >= 0.3 is 5.97 Å². The van der Waals surface area contributed by atoms with Crippen molar-refractivity contribution in [2.75, 3.05) is 18.1 Å². The molecule has 17 heavy (non-hydrogen) atoms. The first-order valence-electron chi connectivity index (χ1n) is 5.54. The van der Waals surface area contributed by atoms with Gasteiger partial charge in [0.25, 0.3) is 0 Å². The van der Waals surface area contributed by atoms with E-state index in [1.807, 2.05) is 0 Å². The van der Waals surface area contributed by atoms with E-state index < -0.39 is 5.97 Å². The van der Waals surface area contributed by atoms with Gasteiger partial charge in [-0.05, 0) is 31.0 Å². The van der Waals surface area contributed by atoms with Gasteiger partial charge in [0.2, 0.25) is 0 Å². The SMILES string of the molecule is Nc1cc(C(=O)O)ccc1SCC1CCCO1. The van der Waals surface area contributed by atoms with Gasteiger partial charge in [-0.2, -0.15) is 0 Å². The lowest BCUT2D eigenvalue weighted by Crippen LogP contribution is -2.08. The van der Waals surface area contributed by atoms with Crippen molar-refractivity contribution >= 4 is 23.4 Å². The highest BCUT2D eigenvalue weighted by Crippen LogP contribution is 2.28. The highest BCUT2D eigenvalue weighted by molar-refractivity contribution is 7.99. The van der Waals surface area contributed by atoms with Gasteiger partial charge in [-0.1, -0.05) is 0 Å². The number of carboxylic acid groups (broad SMARTS) is 1. The zero-order chi connectivity index (χ0) is 12.3. The number of ether oxygens (including phenoxy) is 1. The Bertz CT molecular complexity index is 416. The van der Waals surface area contributed by atoms with Crippen molar-refractivity contribution in [3.63, 3.8) is 0 Å². The molecule has 1 aliphatic rings. The Balaban J connectivity index is 1.98. The Morgan fingerprint density at radius 1 is 1.59 bits per heavy atom. The van der Waals surface area contributed by atoms with Crippen LogP contribution >= 0.6 is 11.8 Å². The molecule has 0 bridgehead atoms. The lowest BCUT2D eigenvalue weighted by molar-refractivity contribution is 0.0697. The van der Waals surface area contributed by atoms with E-state index in [9.17, 15) is 4.79 Å². The summed E-state index contributed by atoms with van der Waals surface area (Å²) in [6.07, 6.45) is 2.53. The number of carbonyl (C=O) groups is 1. The number of anilines is 1. The van der Waals surface area contributed by atoms with Crippen LogP contribution in [0.25, 0.3) is 0 Å². The van der Waals surface area contributed by atoms with Crippen LogP contribution in [-0.4, -0.2) is 29.5 Å². The van der Waals surface area contributed by atoms with Crippen LogP contribution in [0.3, 0.4) is 0 Å². The van der Waals surface area contributed by atoms with Crippen molar-refractivity contribution in [2.24, 2.45) is 0 Å². The summed E-state index contributed by atoms with van der Waals surface area (Å²) in [7, 11) is 0. The van der Waals surface area contributed by atoms with Gasteiger partial charge in [0.15, 0.2) is 0 Å². The maximum absolute atomic E-state index is 10.7. The highest BCUT2D eigenvalue weighted by atomic mass is 32.2. The van der Waals surface area contributed by atoms with Crippen molar-refractivity contribution in [1.29, 1.82) is 0 Å². The van der Waals surface area contributed by atoms with Crippen molar-refractivity contribution in [3.8, 4) is 0 Å². The van der Waals surface area contributed by atoms with E-state index in [-0.39, 0.29) is 5.56 Å². The minimum atomic E-state index is -0.952. The van der Waals surface area contributed by atoms with Crippen molar-refractivity contribution in [2.45, 2.75) is 23.8 Å². The van der Waals surface area contributed by atoms with E-state index in [1.165, 1.54) is 6.07 Å². The molecule has 1 saturated heterocycles. The molecular formula is C12H15NO3S. The second-order valence-electron chi connectivity index (χ2n) is 4.00. The smallest absolute Gasteiger partial charge is 0.335 e. The number of hydrogen-bond donors (Lipinski definition) is 2. The van der Waals surface area contributed by atoms with Gasteiger partial charge in [0.1, 0.15) is 0 Å². The molecule has 0 aliphatic carbocycles. The van der Waals surface area contributed by atoms with Gasteiger partial charge in [-0.25, -0.2) is 4.79 Å². The van der Waals surface area contributed by atoms with Crippen LogP contribution in [0.2, 0.25) is 0 Å². The molecule has 3 N–H and O–H groups in total. The Labute approximate surface area is 104 Å². The summed E-state index contributed by atoms with van der Waals surface area (Å²) in [4.78, 5) is 11.7. The van der Waals surface area contributed by atoms with Crippen molar-refractivity contribution in [3.05, 3.63) is 23.8 Å². The predicted molar refractivity (Wildman–Crippen MR) is 67.5 cm³/mol. The van der Waals surface area contributed by atoms with Crippen LogP contribution in [0, 0.1) is 0 Å². The number of rotatable bonds is 4. The molecule has 92 valence electrons. The fraction of sp³-hybridized carbons (Fsp3) is 0.417. The molecule has 1 heterocycles. The fourth-order valence-corrected chi connectivity index (χ4v) is 2.79. The molecule has 1 fully saturated rings. The van der Waals surface area contributed by atoms with Gasteiger partial charge in [-0.3, -0.25) is 0 Å². The number of carboxylic acids is 1. The molecule has 4 nitrogen and oxygen atoms in total. The van der Waals surface area contributed by atoms with Crippen LogP contribution in [0.4, 0.5) is 5.69 Å². The molecule has 0 radical (unpaired) electrons. The van der Waals surface area contributed by atoms with Crippen LogP contribution in [0.1, 0.15) is 23.2 Å². The summed E-state index contributed by atoms with van der Waals surface area (Å²) in [6, 6.07) is 4.84. The maximum atomic E-state index is 10.7. The number of nitrogens with two attached hydrogens (primary N) is 1. The van der Waals surface area contributed by atoms with Gasteiger partial charge in [0.05, 0.1) is 11.7 Å². The van der Waals surface area contributed by atoms with Crippen molar-refractivity contribution in [1.82, 2.24) is 0 Å². The van der Waals surface area contributed by atoms with Gasteiger partial charge < -0.3 is 15.6 Å². The summed E-state index contributed by atoms with van der Waals surface area (Å²) in [5.74, 6) is -0.0799. The minimum Gasteiger partial charge on any atom is -0.478 e. The first-order chi connectivity index (χ1) is 8.16. The van der Waals surface area contributed by atoms with Crippen LogP contribution < -0.4 is 5.73 Å². The number of hydrogen-bond acceptors (Lipinski definition) is 4. The average molecular weight is 253 g/mol. The maximum Gasteiger partial charge on any atom is 0.335 e. The molecule has 1 unspecified atom stereocenters. The number of nitrogen functional groups attached to an aromatic ring is 1. The van der Waals surface area contributed by atoms with Gasteiger partial charge in [-0.15, -0.1) is 11.8 Å². The molecule has 1 aromatic carbocycles. The van der Waals surface area contributed by atoms with Gasteiger partial charge in [0, 0.05) is 22.9 Å². The van der Waals surface area contributed by atoms with Crippen LogP contribution in [0.5, 0.6) is 0 Å². The predicted octanol–water partition coefficient (Wildman–Crippen LogP) is 2.24. The van der Waals surface area contributed by atoms with Crippen LogP contribution in [0.15, 0.2) is 23.1 Å². The van der Waals surface area contributed by atoms with E-state index in [0.717, 1.165) is 30.1 Å². The highest BCUT2D eigenvalue weighted by Gasteiger charge is 2.16. The normalized spacial score (nSPS) is 19.4.